The second-order valence-corrected chi connectivity index (χ2v) is 3.88. The van der Waals surface area contributed by atoms with Gasteiger partial charge in [0.25, 0.3) is 0 Å². The molecule has 2 rings (SSSR count). The van der Waals surface area contributed by atoms with Crippen LogP contribution >= 0.6 is 0 Å². The van der Waals surface area contributed by atoms with Gasteiger partial charge in [0.2, 0.25) is 0 Å². The van der Waals surface area contributed by atoms with Crippen LogP contribution in [0.4, 0.5) is 10.1 Å². The Hall–Kier alpha value is -1.13. The van der Waals surface area contributed by atoms with Crippen molar-refractivity contribution in [2.24, 2.45) is 0 Å². The van der Waals surface area contributed by atoms with Crippen molar-refractivity contribution < 1.29 is 14.2 Å². The lowest BCUT2D eigenvalue weighted by molar-refractivity contribution is -0.0675. The summed E-state index contributed by atoms with van der Waals surface area (Å²) in [4.78, 5) is 0. The van der Waals surface area contributed by atoms with Gasteiger partial charge in [-0.15, -0.1) is 0 Å². The molecule has 1 heterocycles. The van der Waals surface area contributed by atoms with E-state index in [0.29, 0.717) is 37.3 Å². The number of nitrogens with two attached hydrogens (primary N) is 1. The summed E-state index contributed by atoms with van der Waals surface area (Å²) in [6, 6.07) is 4.08. The van der Waals surface area contributed by atoms with E-state index in [1.807, 2.05) is 0 Å². The van der Waals surface area contributed by atoms with Gasteiger partial charge in [-0.3, -0.25) is 0 Å². The van der Waals surface area contributed by atoms with Gasteiger partial charge in [-0.1, -0.05) is 0 Å². The predicted molar refractivity (Wildman–Crippen MR) is 54.8 cm³/mol. The number of benzene rings is 1. The molecule has 0 spiro atoms. The van der Waals surface area contributed by atoms with E-state index in [2.05, 4.69) is 0 Å². The summed E-state index contributed by atoms with van der Waals surface area (Å²) in [7, 11) is 0. The number of rotatable bonds is 1. The molecule has 1 aliphatic heterocycles. The Morgan fingerprint density at radius 2 is 2.00 bits per heavy atom. The number of ether oxygens (including phenoxy) is 1. The van der Waals surface area contributed by atoms with Gasteiger partial charge in [-0.05, 0) is 18.2 Å². The lowest BCUT2D eigenvalue weighted by atomic mass is 9.85. The minimum atomic E-state index is -1.04. The summed E-state index contributed by atoms with van der Waals surface area (Å²) in [5, 5.41) is 10.3. The summed E-state index contributed by atoms with van der Waals surface area (Å²) in [6.45, 7) is 0.957. The third-order valence-corrected chi connectivity index (χ3v) is 2.84. The Morgan fingerprint density at radius 1 is 1.33 bits per heavy atom. The van der Waals surface area contributed by atoms with Gasteiger partial charge in [0.05, 0.1) is 5.60 Å². The Labute approximate surface area is 87.7 Å². The monoisotopic (exact) mass is 211 g/mol. The molecular formula is C11H14FNO2. The van der Waals surface area contributed by atoms with Gasteiger partial charge in [0, 0.05) is 37.3 Å². The maximum atomic E-state index is 13.1. The van der Waals surface area contributed by atoms with Crippen LogP contribution in [0.1, 0.15) is 18.4 Å². The Balaban J connectivity index is 2.38. The van der Waals surface area contributed by atoms with Crippen molar-refractivity contribution in [1.29, 1.82) is 0 Å². The first-order chi connectivity index (χ1) is 7.12. The first-order valence-corrected chi connectivity index (χ1v) is 4.97. The van der Waals surface area contributed by atoms with Crippen molar-refractivity contribution in [2.45, 2.75) is 18.4 Å². The molecule has 0 radical (unpaired) electrons. The number of hydrogen-bond acceptors (Lipinski definition) is 3. The molecule has 1 saturated heterocycles. The molecule has 3 N–H and O–H groups in total. The molecule has 15 heavy (non-hydrogen) atoms. The standard InChI is InChI=1S/C11H14FNO2/c12-8-1-2-10(13)9(7-8)11(14)3-5-15-6-4-11/h1-2,7,14H,3-6,13H2. The first kappa shape index (κ1) is 10.4. The van der Waals surface area contributed by atoms with Crippen molar-refractivity contribution >= 4 is 5.69 Å². The highest BCUT2D eigenvalue weighted by molar-refractivity contribution is 5.50. The maximum Gasteiger partial charge on any atom is 0.123 e. The molecule has 0 aliphatic carbocycles. The minimum absolute atomic E-state index is 0.376. The lowest BCUT2D eigenvalue weighted by Gasteiger charge is -2.33. The summed E-state index contributed by atoms with van der Waals surface area (Å²) >= 11 is 0. The Morgan fingerprint density at radius 3 is 2.67 bits per heavy atom. The average molecular weight is 211 g/mol. The smallest absolute Gasteiger partial charge is 0.123 e. The number of hydrogen-bond donors (Lipinski definition) is 2. The molecule has 0 atom stereocenters. The van der Waals surface area contributed by atoms with E-state index in [4.69, 9.17) is 10.5 Å². The van der Waals surface area contributed by atoms with Crippen LogP contribution in [0.2, 0.25) is 0 Å². The fraction of sp³-hybridized carbons (Fsp3) is 0.455. The van der Waals surface area contributed by atoms with Crippen LogP contribution in [0, 0.1) is 5.82 Å². The second-order valence-electron chi connectivity index (χ2n) is 3.88. The third kappa shape index (κ3) is 1.96. The van der Waals surface area contributed by atoms with Gasteiger partial charge >= 0.3 is 0 Å². The summed E-state index contributed by atoms with van der Waals surface area (Å²) in [5.74, 6) is -0.376. The van der Waals surface area contributed by atoms with E-state index < -0.39 is 5.60 Å². The molecule has 1 aliphatic rings. The number of anilines is 1. The largest absolute Gasteiger partial charge is 0.398 e. The molecule has 0 amide bonds. The zero-order chi connectivity index (χ0) is 10.9. The first-order valence-electron chi connectivity index (χ1n) is 4.97. The third-order valence-electron chi connectivity index (χ3n) is 2.84. The van der Waals surface area contributed by atoms with E-state index in [9.17, 15) is 9.50 Å². The summed E-state index contributed by atoms with van der Waals surface area (Å²) in [5.41, 5.74) is 5.61. The van der Waals surface area contributed by atoms with Gasteiger partial charge in [-0.2, -0.15) is 0 Å². The van der Waals surface area contributed by atoms with Crippen molar-refractivity contribution in [1.82, 2.24) is 0 Å². The van der Waals surface area contributed by atoms with Gasteiger partial charge in [0.1, 0.15) is 5.82 Å². The summed E-state index contributed by atoms with van der Waals surface area (Å²) < 4.78 is 18.2. The SMILES string of the molecule is Nc1ccc(F)cc1C1(O)CCOCC1. The Kier molecular flexibility index (Phi) is 2.63. The van der Waals surface area contributed by atoms with Gasteiger partial charge in [-0.25, -0.2) is 4.39 Å². The lowest BCUT2D eigenvalue weighted by Crippen LogP contribution is -2.34. The molecule has 3 nitrogen and oxygen atoms in total. The van der Waals surface area contributed by atoms with Crippen molar-refractivity contribution in [3.8, 4) is 0 Å². The van der Waals surface area contributed by atoms with Gasteiger partial charge < -0.3 is 15.6 Å². The van der Waals surface area contributed by atoms with Crippen LogP contribution in [-0.2, 0) is 10.3 Å². The van der Waals surface area contributed by atoms with E-state index in [-0.39, 0.29) is 5.82 Å². The summed E-state index contributed by atoms with van der Waals surface area (Å²) in [6.07, 6.45) is 0.918. The van der Waals surface area contributed by atoms with Crippen LogP contribution in [0.15, 0.2) is 18.2 Å². The van der Waals surface area contributed by atoms with Crippen molar-refractivity contribution in [3.05, 3.63) is 29.6 Å². The Bertz CT molecular complexity index is 362. The molecule has 4 heteroatoms. The van der Waals surface area contributed by atoms with Crippen LogP contribution in [0.5, 0.6) is 0 Å². The molecule has 0 unspecified atom stereocenters. The molecule has 0 aromatic heterocycles. The van der Waals surface area contributed by atoms with E-state index in [1.165, 1.54) is 18.2 Å². The second kappa shape index (κ2) is 3.79. The quantitative estimate of drug-likeness (QED) is 0.690. The van der Waals surface area contributed by atoms with E-state index >= 15 is 0 Å². The van der Waals surface area contributed by atoms with Gasteiger partial charge in [0.15, 0.2) is 0 Å². The highest BCUT2D eigenvalue weighted by Crippen LogP contribution is 2.35. The number of aliphatic hydroxyl groups is 1. The average Bonchev–Trinajstić information content (AvgIpc) is 2.23. The fourth-order valence-corrected chi connectivity index (χ4v) is 1.91. The molecule has 1 aromatic carbocycles. The molecule has 1 aromatic rings. The minimum Gasteiger partial charge on any atom is -0.398 e. The zero-order valence-electron chi connectivity index (χ0n) is 8.37. The number of nitrogen functional groups attached to an aromatic ring is 1. The van der Waals surface area contributed by atoms with Crippen molar-refractivity contribution in [2.75, 3.05) is 18.9 Å². The van der Waals surface area contributed by atoms with Crippen LogP contribution in [0.25, 0.3) is 0 Å². The zero-order valence-corrected chi connectivity index (χ0v) is 8.37. The fourth-order valence-electron chi connectivity index (χ4n) is 1.91. The molecule has 0 saturated carbocycles. The van der Waals surface area contributed by atoms with Crippen LogP contribution in [0.3, 0.4) is 0 Å². The molecule has 1 fully saturated rings. The van der Waals surface area contributed by atoms with Crippen molar-refractivity contribution in [3.63, 3.8) is 0 Å². The van der Waals surface area contributed by atoms with Crippen LogP contribution in [-0.4, -0.2) is 18.3 Å². The number of halogens is 1. The van der Waals surface area contributed by atoms with Crippen LogP contribution < -0.4 is 5.73 Å². The highest BCUT2D eigenvalue weighted by Gasteiger charge is 2.33. The van der Waals surface area contributed by atoms with E-state index in [1.54, 1.807) is 0 Å². The highest BCUT2D eigenvalue weighted by atomic mass is 19.1. The maximum absolute atomic E-state index is 13.1. The molecule has 0 bridgehead atoms. The molecule has 82 valence electrons. The molecular weight excluding hydrogens is 197 g/mol. The topological polar surface area (TPSA) is 55.5 Å². The normalized spacial score (nSPS) is 20.1. The van der Waals surface area contributed by atoms with E-state index in [0.717, 1.165) is 0 Å². The predicted octanol–water partition coefficient (Wildman–Crippen LogP) is 1.41.